The van der Waals surface area contributed by atoms with E-state index in [9.17, 15) is 9.90 Å². The lowest BCUT2D eigenvalue weighted by molar-refractivity contribution is -0.116. The standard InChI is InChI=1S/C15H20O2/c1-12(16)11-13-7-3-4-8-14(13)15(17)9-5-2-6-10-15/h3-4,7-8,17H,2,5-6,9-11H2,1H3. The van der Waals surface area contributed by atoms with Crippen molar-refractivity contribution in [3.63, 3.8) is 0 Å². The molecule has 1 fully saturated rings. The van der Waals surface area contributed by atoms with Crippen LogP contribution in [0, 0.1) is 0 Å². The second kappa shape index (κ2) is 5.01. The molecule has 1 aromatic rings. The van der Waals surface area contributed by atoms with Crippen LogP contribution in [0.4, 0.5) is 0 Å². The molecule has 1 aliphatic rings. The van der Waals surface area contributed by atoms with E-state index in [0.717, 1.165) is 36.8 Å². The van der Waals surface area contributed by atoms with Crippen molar-refractivity contribution in [1.82, 2.24) is 0 Å². The van der Waals surface area contributed by atoms with Gasteiger partial charge in [0.05, 0.1) is 5.60 Å². The maximum atomic E-state index is 11.3. The predicted octanol–water partition coefficient (Wildman–Crippen LogP) is 2.97. The summed E-state index contributed by atoms with van der Waals surface area (Å²) < 4.78 is 0. The first kappa shape index (κ1) is 12.3. The highest BCUT2D eigenvalue weighted by Gasteiger charge is 2.32. The molecule has 0 aromatic heterocycles. The number of benzene rings is 1. The molecule has 0 unspecified atom stereocenters. The van der Waals surface area contributed by atoms with Crippen LogP contribution in [0.5, 0.6) is 0 Å². The van der Waals surface area contributed by atoms with E-state index < -0.39 is 5.60 Å². The van der Waals surface area contributed by atoms with E-state index >= 15 is 0 Å². The molecule has 1 saturated carbocycles. The number of carbonyl (C=O) groups excluding carboxylic acids is 1. The van der Waals surface area contributed by atoms with Crippen LogP contribution in [0.15, 0.2) is 24.3 Å². The van der Waals surface area contributed by atoms with Crippen LogP contribution in [0.25, 0.3) is 0 Å². The Balaban J connectivity index is 2.32. The molecule has 0 heterocycles. The molecule has 0 spiro atoms. The summed E-state index contributed by atoms with van der Waals surface area (Å²) in [5.41, 5.74) is 1.25. The largest absolute Gasteiger partial charge is 0.385 e. The fraction of sp³-hybridized carbons (Fsp3) is 0.533. The summed E-state index contributed by atoms with van der Waals surface area (Å²) in [5, 5.41) is 10.7. The van der Waals surface area contributed by atoms with Crippen molar-refractivity contribution in [3.05, 3.63) is 35.4 Å². The molecule has 92 valence electrons. The first-order valence-electron chi connectivity index (χ1n) is 6.42. The van der Waals surface area contributed by atoms with Gasteiger partial charge in [0.1, 0.15) is 5.78 Å². The van der Waals surface area contributed by atoms with E-state index in [1.54, 1.807) is 6.92 Å². The van der Waals surface area contributed by atoms with Gasteiger partial charge in [-0.2, -0.15) is 0 Å². The van der Waals surface area contributed by atoms with E-state index in [2.05, 4.69) is 0 Å². The lowest BCUT2D eigenvalue weighted by atomic mass is 9.77. The van der Waals surface area contributed by atoms with Gasteiger partial charge in [0.2, 0.25) is 0 Å². The SMILES string of the molecule is CC(=O)Cc1ccccc1C1(O)CCCCC1. The fourth-order valence-electron chi connectivity index (χ4n) is 2.80. The quantitative estimate of drug-likeness (QED) is 0.870. The normalized spacial score (nSPS) is 18.9. The van der Waals surface area contributed by atoms with Gasteiger partial charge in [-0.1, -0.05) is 43.5 Å². The van der Waals surface area contributed by atoms with Crippen LogP contribution < -0.4 is 0 Å². The number of Topliss-reactive ketones (excluding diaryl/α,β-unsaturated/α-hetero) is 1. The number of carbonyl (C=O) groups is 1. The zero-order valence-corrected chi connectivity index (χ0v) is 10.4. The molecule has 1 N–H and O–H groups in total. The Kier molecular flexibility index (Phi) is 3.63. The van der Waals surface area contributed by atoms with Crippen LogP contribution in [-0.2, 0) is 16.8 Å². The molecule has 2 nitrogen and oxygen atoms in total. The molecule has 17 heavy (non-hydrogen) atoms. The minimum atomic E-state index is -0.704. The molecule has 2 heteroatoms. The van der Waals surface area contributed by atoms with Crippen molar-refractivity contribution in [2.24, 2.45) is 0 Å². The van der Waals surface area contributed by atoms with Gasteiger partial charge in [-0.15, -0.1) is 0 Å². The van der Waals surface area contributed by atoms with Crippen molar-refractivity contribution in [2.75, 3.05) is 0 Å². The molecule has 1 aliphatic carbocycles. The first-order chi connectivity index (χ1) is 8.12. The summed E-state index contributed by atoms with van der Waals surface area (Å²) in [7, 11) is 0. The summed E-state index contributed by atoms with van der Waals surface area (Å²) in [4.78, 5) is 11.3. The molecule has 0 atom stereocenters. The van der Waals surface area contributed by atoms with Crippen molar-refractivity contribution < 1.29 is 9.90 Å². The average molecular weight is 232 g/mol. The third-order valence-electron chi connectivity index (χ3n) is 3.64. The smallest absolute Gasteiger partial charge is 0.134 e. The lowest BCUT2D eigenvalue weighted by Gasteiger charge is -2.34. The Hall–Kier alpha value is -1.15. The number of hydrogen-bond donors (Lipinski definition) is 1. The molecule has 0 saturated heterocycles. The van der Waals surface area contributed by atoms with Crippen molar-refractivity contribution in [3.8, 4) is 0 Å². The van der Waals surface area contributed by atoms with Crippen LogP contribution in [-0.4, -0.2) is 10.9 Å². The Labute approximate surface area is 103 Å². The predicted molar refractivity (Wildman–Crippen MR) is 67.8 cm³/mol. The van der Waals surface area contributed by atoms with E-state index in [1.165, 1.54) is 6.42 Å². The van der Waals surface area contributed by atoms with Gasteiger partial charge in [0.15, 0.2) is 0 Å². The fourth-order valence-corrected chi connectivity index (χ4v) is 2.80. The second-order valence-electron chi connectivity index (χ2n) is 5.13. The van der Waals surface area contributed by atoms with Crippen molar-refractivity contribution >= 4 is 5.78 Å². The Morgan fingerprint density at radius 2 is 1.88 bits per heavy atom. The maximum absolute atomic E-state index is 11.3. The highest BCUT2D eigenvalue weighted by atomic mass is 16.3. The van der Waals surface area contributed by atoms with E-state index in [0.29, 0.717) is 6.42 Å². The topological polar surface area (TPSA) is 37.3 Å². The van der Waals surface area contributed by atoms with Gasteiger partial charge in [0.25, 0.3) is 0 Å². The number of aliphatic hydroxyl groups is 1. The van der Waals surface area contributed by atoms with Crippen molar-refractivity contribution in [1.29, 1.82) is 0 Å². The molecule has 0 bridgehead atoms. The van der Waals surface area contributed by atoms with Gasteiger partial charge in [-0.05, 0) is 30.9 Å². The third-order valence-corrected chi connectivity index (χ3v) is 3.64. The van der Waals surface area contributed by atoms with Crippen LogP contribution in [0.3, 0.4) is 0 Å². The van der Waals surface area contributed by atoms with E-state index in [-0.39, 0.29) is 5.78 Å². The van der Waals surface area contributed by atoms with Gasteiger partial charge < -0.3 is 5.11 Å². The molecular formula is C15H20O2. The average Bonchev–Trinajstić information content (AvgIpc) is 2.30. The maximum Gasteiger partial charge on any atom is 0.134 e. The van der Waals surface area contributed by atoms with E-state index in [4.69, 9.17) is 0 Å². The van der Waals surface area contributed by atoms with Crippen molar-refractivity contribution in [2.45, 2.75) is 51.0 Å². The highest BCUT2D eigenvalue weighted by Crippen LogP contribution is 2.38. The summed E-state index contributed by atoms with van der Waals surface area (Å²) in [6.07, 6.45) is 5.43. The zero-order valence-electron chi connectivity index (χ0n) is 10.4. The molecule has 0 aliphatic heterocycles. The Morgan fingerprint density at radius 1 is 1.24 bits per heavy atom. The molecule has 0 amide bonds. The van der Waals surface area contributed by atoms with Crippen LogP contribution in [0.1, 0.15) is 50.2 Å². The minimum Gasteiger partial charge on any atom is -0.385 e. The summed E-state index contributed by atoms with van der Waals surface area (Å²) in [6, 6.07) is 7.83. The van der Waals surface area contributed by atoms with Crippen LogP contribution in [0.2, 0.25) is 0 Å². The van der Waals surface area contributed by atoms with Gasteiger partial charge in [0, 0.05) is 6.42 Å². The minimum absolute atomic E-state index is 0.150. The van der Waals surface area contributed by atoms with Gasteiger partial charge >= 0.3 is 0 Å². The van der Waals surface area contributed by atoms with Crippen LogP contribution >= 0.6 is 0 Å². The van der Waals surface area contributed by atoms with Gasteiger partial charge in [-0.25, -0.2) is 0 Å². The number of ketones is 1. The molecule has 2 rings (SSSR count). The highest BCUT2D eigenvalue weighted by molar-refractivity contribution is 5.78. The van der Waals surface area contributed by atoms with E-state index in [1.807, 2.05) is 24.3 Å². The second-order valence-corrected chi connectivity index (χ2v) is 5.13. The Morgan fingerprint density at radius 3 is 2.53 bits per heavy atom. The Bertz CT molecular complexity index is 403. The summed E-state index contributed by atoms with van der Waals surface area (Å²) in [5.74, 6) is 0.150. The summed E-state index contributed by atoms with van der Waals surface area (Å²) >= 11 is 0. The monoisotopic (exact) mass is 232 g/mol. The summed E-state index contributed by atoms with van der Waals surface area (Å²) in [6.45, 7) is 1.60. The molecular weight excluding hydrogens is 212 g/mol. The third kappa shape index (κ3) is 2.75. The van der Waals surface area contributed by atoms with Gasteiger partial charge in [-0.3, -0.25) is 4.79 Å². The molecule has 1 aromatic carbocycles. The lowest BCUT2D eigenvalue weighted by Crippen LogP contribution is -2.30. The first-order valence-corrected chi connectivity index (χ1v) is 6.42. The number of hydrogen-bond acceptors (Lipinski definition) is 2. The molecule has 0 radical (unpaired) electrons. The zero-order chi connectivity index (χ0) is 12.3. The number of rotatable bonds is 3.